The van der Waals surface area contributed by atoms with E-state index in [0.29, 0.717) is 43.0 Å². The minimum absolute atomic E-state index is 0.307. The summed E-state index contributed by atoms with van der Waals surface area (Å²) in [5, 5.41) is 0.564. The second-order valence-electron chi connectivity index (χ2n) is 2.83. The van der Waals surface area contributed by atoms with E-state index in [1.165, 1.54) is 0 Å². The van der Waals surface area contributed by atoms with Crippen LogP contribution in [-0.2, 0) is 11.3 Å². The van der Waals surface area contributed by atoms with Crippen LogP contribution >= 0.6 is 11.6 Å². The number of nitrogens with two attached hydrogens (primary N) is 1. The van der Waals surface area contributed by atoms with Crippen molar-refractivity contribution in [1.29, 1.82) is 0 Å². The highest BCUT2D eigenvalue weighted by molar-refractivity contribution is 6.31. The molecule has 1 heterocycles. The molecule has 0 spiro atoms. The lowest BCUT2D eigenvalue weighted by atomic mass is 10.3. The number of pyridine rings is 1. The molecule has 1 aromatic rings. The van der Waals surface area contributed by atoms with E-state index in [1.807, 2.05) is 6.92 Å². The number of nitrogens with zero attached hydrogens (tertiary/aromatic N) is 1. The SMILES string of the molecule is CCOCCOc1ccc(Cl)c(CN)n1. The van der Waals surface area contributed by atoms with Gasteiger partial charge in [-0.15, -0.1) is 0 Å². The third kappa shape index (κ3) is 4.03. The van der Waals surface area contributed by atoms with Crippen LogP contribution in [0.3, 0.4) is 0 Å². The zero-order chi connectivity index (χ0) is 11.1. The summed E-state index contributed by atoms with van der Waals surface area (Å²) in [4.78, 5) is 4.15. The summed E-state index contributed by atoms with van der Waals surface area (Å²) < 4.78 is 10.5. The number of rotatable bonds is 6. The van der Waals surface area contributed by atoms with Crippen molar-refractivity contribution in [3.05, 3.63) is 22.8 Å². The first kappa shape index (κ1) is 12.2. The van der Waals surface area contributed by atoms with Gasteiger partial charge in [-0.3, -0.25) is 0 Å². The standard InChI is InChI=1S/C10H15ClN2O2/c1-2-14-5-6-15-10-4-3-8(11)9(7-12)13-10/h3-4H,2,5-7,12H2,1H3. The van der Waals surface area contributed by atoms with Crippen LogP contribution in [-0.4, -0.2) is 24.8 Å². The van der Waals surface area contributed by atoms with Gasteiger partial charge in [0.15, 0.2) is 0 Å². The molecule has 0 radical (unpaired) electrons. The molecule has 0 aliphatic carbocycles. The molecule has 84 valence electrons. The highest BCUT2D eigenvalue weighted by atomic mass is 35.5. The molecular formula is C10H15ClN2O2. The predicted octanol–water partition coefficient (Wildman–Crippen LogP) is 1.61. The Balaban J connectivity index is 2.47. The van der Waals surface area contributed by atoms with Crippen LogP contribution < -0.4 is 10.5 Å². The normalized spacial score (nSPS) is 10.3. The lowest BCUT2D eigenvalue weighted by molar-refractivity contribution is 0.108. The topological polar surface area (TPSA) is 57.4 Å². The molecule has 2 N–H and O–H groups in total. The Bertz CT molecular complexity index is 307. The molecule has 0 saturated carbocycles. The minimum atomic E-state index is 0.307. The van der Waals surface area contributed by atoms with E-state index in [9.17, 15) is 0 Å². The van der Waals surface area contributed by atoms with E-state index in [0.717, 1.165) is 0 Å². The molecule has 1 rings (SSSR count). The summed E-state index contributed by atoms with van der Waals surface area (Å²) in [5.41, 5.74) is 6.11. The Morgan fingerprint density at radius 2 is 2.20 bits per heavy atom. The van der Waals surface area contributed by atoms with Crippen molar-refractivity contribution in [1.82, 2.24) is 4.98 Å². The number of hydrogen-bond acceptors (Lipinski definition) is 4. The van der Waals surface area contributed by atoms with E-state index in [4.69, 9.17) is 26.8 Å². The minimum Gasteiger partial charge on any atom is -0.475 e. The van der Waals surface area contributed by atoms with Crippen molar-refractivity contribution < 1.29 is 9.47 Å². The fourth-order valence-corrected chi connectivity index (χ4v) is 1.22. The highest BCUT2D eigenvalue weighted by Crippen LogP contribution is 2.17. The second-order valence-corrected chi connectivity index (χ2v) is 3.23. The van der Waals surface area contributed by atoms with Gasteiger partial charge < -0.3 is 15.2 Å². The Hall–Kier alpha value is -0.840. The average Bonchev–Trinajstić information content (AvgIpc) is 2.26. The summed E-state index contributed by atoms with van der Waals surface area (Å²) in [6.07, 6.45) is 0. The smallest absolute Gasteiger partial charge is 0.213 e. The van der Waals surface area contributed by atoms with Gasteiger partial charge in [-0.2, -0.15) is 0 Å². The third-order valence-electron chi connectivity index (χ3n) is 1.77. The fraction of sp³-hybridized carbons (Fsp3) is 0.500. The Kier molecular flexibility index (Phi) is 5.39. The largest absolute Gasteiger partial charge is 0.475 e. The first-order valence-electron chi connectivity index (χ1n) is 4.84. The number of aromatic nitrogens is 1. The molecule has 0 saturated heterocycles. The number of halogens is 1. The summed E-state index contributed by atoms with van der Waals surface area (Å²) in [5.74, 6) is 0.527. The lowest BCUT2D eigenvalue weighted by Gasteiger charge is -2.07. The summed E-state index contributed by atoms with van der Waals surface area (Å²) >= 11 is 5.86. The predicted molar refractivity (Wildman–Crippen MR) is 59.1 cm³/mol. The van der Waals surface area contributed by atoms with Crippen LogP contribution in [0.1, 0.15) is 12.6 Å². The quantitative estimate of drug-likeness (QED) is 0.755. The fourth-order valence-electron chi connectivity index (χ4n) is 1.04. The summed E-state index contributed by atoms with van der Waals surface area (Å²) in [7, 11) is 0. The molecule has 0 bridgehead atoms. The van der Waals surface area contributed by atoms with Crippen LogP contribution in [0.5, 0.6) is 5.88 Å². The molecule has 15 heavy (non-hydrogen) atoms. The first-order valence-corrected chi connectivity index (χ1v) is 5.21. The van der Waals surface area contributed by atoms with Gasteiger partial charge in [0.05, 0.1) is 17.3 Å². The van der Waals surface area contributed by atoms with Crippen LogP contribution in [0.2, 0.25) is 5.02 Å². The molecule has 0 amide bonds. The molecule has 4 nitrogen and oxygen atoms in total. The maximum atomic E-state index is 5.86. The van der Waals surface area contributed by atoms with Crippen LogP contribution in [0, 0.1) is 0 Å². The van der Waals surface area contributed by atoms with Crippen molar-refractivity contribution >= 4 is 11.6 Å². The maximum absolute atomic E-state index is 5.86. The van der Waals surface area contributed by atoms with Gasteiger partial charge in [-0.25, -0.2) is 4.98 Å². The molecule has 0 aromatic carbocycles. The van der Waals surface area contributed by atoms with Gasteiger partial charge >= 0.3 is 0 Å². The molecular weight excluding hydrogens is 216 g/mol. The van der Waals surface area contributed by atoms with E-state index in [-0.39, 0.29) is 0 Å². The monoisotopic (exact) mass is 230 g/mol. The molecule has 0 aliphatic heterocycles. The Labute approximate surface area is 94.3 Å². The van der Waals surface area contributed by atoms with Crippen LogP contribution in [0.4, 0.5) is 0 Å². The molecule has 0 atom stereocenters. The number of ether oxygens (including phenoxy) is 2. The lowest BCUT2D eigenvalue weighted by Crippen LogP contribution is -2.08. The van der Waals surface area contributed by atoms with Crippen molar-refractivity contribution in [3.63, 3.8) is 0 Å². The maximum Gasteiger partial charge on any atom is 0.213 e. The Morgan fingerprint density at radius 3 is 2.87 bits per heavy atom. The van der Waals surface area contributed by atoms with E-state index in [1.54, 1.807) is 12.1 Å². The van der Waals surface area contributed by atoms with Gasteiger partial charge in [-0.1, -0.05) is 11.6 Å². The van der Waals surface area contributed by atoms with Gasteiger partial charge in [0.2, 0.25) is 5.88 Å². The van der Waals surface area contributed by atoms with Crippen molar-refractivity contribution in [2.24, 2.45) is 5.73 Å². The third-order valence-corrected chi connectivity index (χ3v) is 2.11. The molecule has 1 aromatic heterocycles. The van der Waals surface area contributed by atoms with Crippen LogP contribution in [0.15, 0.2) is 12.1 Å². The van der Waals surface area contributed by atoms with Crippen LogP contribution in [0.25, 0.3) is 0 Å². The molecule has 5 heteroatoms. The molecule has 0 aliphatic rings. The Morgan fingerprint density at radius 1 is 1.40 bits per heavy atom. The van der Waals surface area contributed by atoms with Gasteiger partial charge in [-0.05, 0) is 13.0 Å². The summed E-state index contributed by atoms with van der Waals surface area (Å²) in [6.45, 7) is 3.96. The number of hydrogen-bond donors (Lipinski definition) is 1. The van der Waals surface area contributed by atoms with Gasteiger partial charge in [0.25, 0.3) is 0 Å². The highest BCUT2D eigenvalue weighted by Gasteiger charge is 2.02. The van der Waals surface area contributed by atoms with Crippen molar-refractivity contribution in [2.75, 3.05) is 19.8 Å². The summed E-state index contributed by atoms with van der Waals surface area (Å²) in [6, 6.07) is 3.44. The van der Waals surface area contributed by atoms with Crippen molar-refractivity contribution in [2.45, 2.75) is 13.5 Å². The average molecular weight is 231 g/mol. The van der Waals surface area contributed by atoms with E-state index < -0.39 is 0 Å². The van der Waals surface area contributed by atoms with E-state index >= 15 is 0 Å². The zero-order valence-corrected chi connectivity index (χ0v) is 9.46. The second kappa shape index (κ2) is 6.61. The molecule has 0 fully saturated rings. The van der Waals surface area contributed by atoms with Gasteiger partial charge in [0, 0.05) is 19.2 Å². The zero-order valence-electron chi connectivity index (χ0n) is 8.70. The van der Waals surface area contributed by atoms with Gasteiger partial charge in [0.1, 0.15) is 6.61 Å². The van der Waals surface area contributed by atoms with Crippen molar-refractivity contribution in [3.8, 4) is 5.88 Å². The molecule has 0 unspecified atom stereocenters. The van der Waals surface area contributed by atoms with E-state index in [2.05, 4.69) is 4.98 Å². The first-order chi connectivity index (χ1) is 7.27.